The van der Waals surface area contributed by atoms with Crippen LogP contribution in [0.1, 0.15) is 49.9 Å². The zero-order valence-electron chi connectivity index (χ0n) is 18.6. The van der Waals surface area contributed by atoms with E-state index in [1.165, 1.54) is 27.4 Å². The van der Waals surface area contributed by atoms with E-state index < -0.39 is 0 Å². The second-order valence-corrected chi connectivity index (χ2v) is 9.55. The molecule has 2 nitrogen and oxygen atoms in total. The maximum absolute atomic E-state index is 6.40. The van der Waals surface area contributed by atoms with Gasteiger partial charge < -0.3 is 9.88 Å². The number of rotatable bonds is 9. The lowest BCUT2D eigenvalue weighted by molar-refractivity contribution is 0.690. The van der Waals surface area contributed by atoms with Gasteiger partial charge in [-0.2, -0.15) is 0 Å². The van der Waals surface area contributed by atoms with Gasteiger partial charge >= 0.3 is 0 Å². The number of nitrogens with one attached hydrogen (secondary N) is 1. The summed E-state index contributed by atoms with van der Waals surface area (Å²) in [5.41, 5.74) is 5.22. The Hall–Kier alpha value is -1.39. The van der Waals surface area contributed by atoms with Crippen LogP contribution in [0.15, 0.2) is 74.7 Å². The van der Waals surface area contributed by atoms with Crippen molar-refractivity contribution in [3.05, 3.63) is 86.5 Å². The molecular weight excluding hydrogens is 431 g/mol. The maximum Gasteiger partial charge on any atom is 0.0840 e. The monoisotopic (exact) mass is 462 g/mol. The van der Waals surface area contributed by atoms with Gasteiger partial charge in [0.1, 0.15) is 0 Å². The minimum Gasteiger partial charge on any atom is -0.335 e. The first kappa shape index (κ1) is 24.9. The lowest BCUT2D eigenvalue weighted by Gasteiger charge is -2.15. The smallest absolute Gasteiger partial charge is 0.0840 e. The molecule has 0 radical (unpaired) electrons. The zero-order valence-corrected chi connectivity index (χ0v) is 20.9. The molecule has 0 spiro atoms. The standard InChI is InChI=1S/C25H32Cl2N2S/c1-7-9-19(10-8-2)16-29-18(5)23(15-28-6)24(17(3)4)25(29)30-22-13-20(26)11-12-21(27)14-22/h7-11,13-14,17,28H,1,12,15-16H2,2-6H3/b10-8-,19-9+. The van der Waals surface area contributed by atoms with E-state index in [1.54, 1.807) is 11.8 Å². The van der Waals surface area contributed by atoms with Crippen LogP contribution in [-0.2, 0) is 13.1 Å². The molecule has 1 N–H and O–H groups in total. The molecule has 0 amide bonds. The summed E-state index contributed by atoms with van der Waals surface area (Å²) in [6, 6.07) is 0. The number of nitrogens with zero attached hydrogens (tertiary/aromatic N) is 1. The van der Waals surface area contributed by atoms with Crippen molar-refractivity contribution in [2.75, 3.05) is 7.05 Å². The molecule has 0 aliphatic heterocycles. The van der Waals surface area contributed by atoms with Gasteiger partial charge in [0.15, 0.2) is 0 Å². The molecule has 0 bridgehead atoms. The molecule has 0 fully saturated rings. The average Bonchev–Trinajstić information content (AvgIpc) is 2.81. The van der Waals surface area contributed by atoms with E-state index in [0.29, 0.717) is 12.3 Å². The molecule has 162 valence electrons. The van der Waals surface area contributed by atoms with E-state index in [4.69, 9.17) is 23.2 Å². The highest BCUT2D eigenvalue weighted by molar-refractivity contribution is 8.03. The number of aromatic nitrogens is 1. The Bertz CT molecular complexity index is 927. The maximum atomic E-state index is 6.40. The number of halogens is 2. The Morgan fingerprint density at radius 1 is 1.33 bits per heavy atom. The minimum atomic E-state index is 0.390. The molecule has 30 heavy (non-hydrogen) atoms. The van der Waals surface area contributed by atoms with E-state index in [1.807, 2.05) is 38.3 Å². The summed E-state index contributed by atoms with van der Waals surface area (Å²) in [5, 5.41) is 6.11. The minimum absolute atomic E-state index is 0.390. The van der Waals surface area contributed by atoms with Crippen LogP contribution in [0.3, 0.4) is 0 Å². The third-order valence-corrected chi connectivity index (χ3v) is 6.54. The molecule has 0 unspecified atom stereocenters. The first-order valence-electron chi connectivity index (χ1n) is 10.2. The molecule has 2 rings (SSSR count). The Balaban J connectivity index is 2.67. The zero-order chi connectivity index (χ0) is 22.3. The van der Waals surface area contributed by atoms with Gasteiger partial charge in [0.25, 0.3) is 0 Å². The summed E-state index contributed by atoms with van der Waals surface area (Å²) in [6.07, 6.45) is 14.8. The van der Waals surface area contributed by atoms with Crippen molar-refractivity contribution in [3.63, 3.8) is 0 Å². The van der Waals surface area contributed by atoms with Crippen LogP contribution in [0, 0.1) is 6.92 Å². The molecule has 5 heteroatoms. The Morgan fingerprint density at radius 3 is 2.67 bits per heavy atom. The molecule has 0 aromatic carbocycles. The van der Waals surface area contributed by atoms with E-state index in [2.05, 4.69) is 55.5 Å². The van der Waals surface area contributed by atoms with Gasteiger partial charge in [0.05, 0.1) is 5.03 Å². The van der Waals surface area contributed by atoms with E-state index in [-0.39, 0.29) is 0 Å². The summed E-state index contributed by atoms with van der Waals surface area (Å²) >= 11 is 14.5. The number of allylic oxidation sites excluding steroid dienone is 10. The predicted octanol–water partition coefficient (Wildman–Crippen LogP) is 7.95. The number of hydrogen-bond donors (Lipinski definition) is 1. The molecule has 0 saturated heterocycles. The third kappa shape index (κ3) is 6.31. The number of hydrogen-bond acceptors (Lipinski definition) is 2. The van der Waals surface area contributed by atoms with Crippen LogP contribution in [0.4, 0.5) is 0 Å². The Labute approximate surface area is 196 Å². The average molecular weight is 464 g/mol. The van der Waals surface area contributed by atoms with E-state index in [9.17, 15) is 0 Å². The van der Waals surface area contributed by atoms with E-state index >= 15 is 0 Å². The molecule has 0 atom stereocenters. The highest BCUT2D eigenvalue weighted by atomic mass is 35.5. The van der Waals surface area contributed by atoms with Crippen LogP contribution in [0.25, 0.3) is 0 Å². The summed E-state index contributed by atoms with van der Waals surface area (Å²) in [4.78, 5) is 1.05. The van der Waals surface area contributed by atoms with Crippen molar-refractivity contribution in [2.45, 2.75) is 58.1 Å². The van der Waals surface area contributed by atoms with Crippen molar-refractivity contribution in [1.29, 1.82) is 0 Å². The van der Waals surface area contributed by atoms with Gasteiger partial charge in [-0.05, 0) is 55.7 Å². The summed E-state index contributed by atoms with van der Waals surface area (Å²) in [5.74, 6) is 0.390. The van der Waals surface area contributed by atoms with Crippen molar-refractivity contribution in [2.24, 2.45) is 0 Å². The predicted molar refractivity (Wildman–Crippen MR) is 136 cm³/mol. The first-order valence-corrected chi connectivity index (χ1v) is 11.8. The number of thioether (sulfide) groups is 1. The molecule has 1 aliphatic rings. The second-order valence-electron chi connectivity index (χ2n) is 7.56. The van der Waals surface area contributed by atoms with Crippen LogP contribution in [-0.4, -0.2) is 11.6 Å². The van der Waals surface area contributed by atoms with Gasteiger partial charge in [-0.15, -0.1) is 0 Å². The Morgan fingerprint density at radius 2 is 2.07 bits per heavy atom. The van der Waals surface area contributed by atoms with Gasteiger partial charge in [-0.3, -0.25) is 0 Å². The lowest BCUT2D eigenvalue weighted by Crippen LogP contribution is -2.09. The summed E-state index contributed by atoms with van der Waals surface area (Å²) in [7, 11) is 2.00. The highest BCUT2D eigenvalue weighted by Crippen LogP contribution is 2.41. The quantitative estimate of drug-likeness (QED) is 0.374. The highest BCUT2D eigenvalue weighted by Gasteiger charge is 2.23. The van der Waals surface area contributed by atoms with E-state index in [0.717, 1.165) is 28.1 Å². The topological polar surface area (TPSA) is 17.0 Å². The molecule has 1 aromatic rings. The first-order chi connectivity index (χ1) is 14.3. The lowest BCUT2D eigenvalue weighted by atomic mass is 10.0. The fourth-order valence-electron chi connectivity index (χ4n) is 3.60. The van der Waals surface area contributed by atoms with Gasteiger partial charge in [0, 0.05) is 40.2 Å². The van der Waals surface area contributed by atoms with Crippen LogP contribution >= 0.6 is 35.0 Å². The second kappa shape index (κ2) is 11.9. The molecule has 1 aliphatic carbocycles. The molecule has 1 heterocycles. The molecular formula is C25H32Cl2N2S. The fraction of sp³-hybridized carbons (Fsp3) is 0.360. The normalized spacial score (nSPS) is 15.3. The van der Waals surface area contributed by atoms with Crippen LogP contribution < -0.4 is 5.32 Å². The Kier molecular flexibility index (Phi) is 9.83. The van der Waals surface area contributed by atoms with Crippen molar-refractivity contribution < 1.29 is 0 Å². The third-order valence-electron chi connectivity index (χ3n) is 4.91. The van der Waals surface area contributed by atoms with Crippen molar-refractivity contribution in [1.82, 2.24) is 9.88 Å². The van der Waals surface area contributed by atoms with Crippen LogP contribution in [0.5, 0.6) is 0 Å². The van der Waals surface area contributed by atoms with Crippen molar-refractivity contribution in [3.8, 4) is 0 Å². The molecule has 0 saturated carbocycles. The summed E-state index contributed by atoms with van der Waals surface area (Å²) in [6.45, 7) is 14.3. The van der Waals surface area contributed by atoms with Gasteiger partial charge in [0.2, 0.25) is 0 Å². The largest absolute Gasteiger partial charge is 0.335 e. The molecule has 1 aromatic heterocycles. The fourth-order valence-corrected chi connectivity index (χ4v) is 5.51. The van der Waals surface area contributed by atoms with Crippen LogP contribution in [0.2, 0.25) is 0 Å². The van der Waals surface area contributed by atoms with Crippen molar-refractivity contribution >= 4 is 35.0 Å². The van der Waals surface area contributed by atoms with Gasteiger partial charge in [-0.1, -0.05) is 85.8 Å². The SMILES string of the molecule is C=C/C=C(\C=C/C)Cn1c(C)c(CNC)c(C(C)C)c1SC1=CC(Cl)=CCC(Cl)=C1. The van der Waals surface area contributed by atoms with Gasteiger partial charge in [-0.25, -0.2) is 0 Å². The summed E-state index contributed by atoms with van der Waals surface area (Å²) < 4.78 is 2.41.